The number of carbonyl (C=O) groups excluding carboxylic acids is 1. The SMILES string of the molecule is O=C(Cn1ncc(Cl)c(Cl)c1=O)N1CCCC1c1ccc2c(c1)OCCCO2. The predicted molar refractivity (Wildman–Crippen MR) is 104 cm³/mol. The second kappa shape index (κ2) is 8.01. The van der Waals surface area contributed by atoms with E-state index in [1.165, 1.54) is 6.20 Å². The molecule has 1 fully saturated rings. The first-order chi connectivity index (χ1) is 13.5. The van der Waals surface area contributed by atoms with E-state index in [1.54, 1.807) is 4.90 Å². The number of rotatable bonds is 3. The van der Waals surface area contributed by atoms with Crippen LogP contribution in [0, 0.1) is 0 Å². The van der Waals surface area contributed by atoms with Crippen molar-refractivity contribution in [1.29, 1.82) is 0 Å². The summed E-state index contributed by atoms with van der Waals surface area (Å²) in [6.45, 7) is 1.67. The molecule has 1 aromatic carbocycles. The van der Waals surface area contributed by atoms with Gasteiger partial charge in [-0.05, 0) is 30.5 Å². The Kier molecular flexibility index (Phi) is 5.46. The standard InChI is InChI=1S/C19H19Cl2N3O4/c20-13-10-22-24(19(26)18(13)21)11-17(25)23-6-1-3-14(23)12-4-5-15-16(9-12)28-8-2-7-27-15/h4-5,9-10,14H,1-3,6-8,11H2. The smallest absolute Gasteiger partial charge is 0.287 e. The van der Waals surface area contributed by atoms with Gasteiger partial charge >= 0.3 is 0 Å². The summed E-state index contributed by atoms with van der Waals surface area (Å²) in [4.78, 5) is 26.8. The van der Waals surface area contributed by atoms with Crippen molar-refractivity contribution in [3.05, 3.63) is 50.4 Å². The minimum atomic E-state index is -0.575. The van der Waals surface area contributed by atoms with Crippen LogP contribution in [-0.4, -0.2) is 40.3 Å². The van der Waals surface area contributed by atoms with Crippen LogP contribution in [0.15, 0.2) is 29.2 Å². The van der Waals surface area contributed by atoms with Crippen molar-refractivity contribution in [3.8, 4) is 11.5 Å². The van der Waals surface area contributed by atoms with Crippen LogP contribution in [-0.2, 0) is 11.3 Å². The number of carbonyl (C=O) groups is 1. The molecule has 148 valence electrons. The molecular formula is C19H19Cl2N3O4. The number of benzene rings is 1. The minimum Gasteiger partial charge on any atom is -0.490 e. The molecule has 9 heteroatoms. The molecular weight excluding hydrogens is 405 g/mol. The molecule has 2 aromatic rings. The maximum atomic E-state index is 12.9. The zero-order valence-electron chi connectivity index (χ0n) is 15.1. The molecule has 0 N–H and O–H groups in total. The lowest BCUT2D eigenvalue weighted by molar-refractivity contribution is -0.133. The maximum Gasteiger partial charge on any atom is 0.287 e. The second-order valence-corrected chi connectivity index (χ2v) is 7.56. The number of fused-ring (bicyclic) bond motifs is 1. The van der Waals surface area contributed by atoms with E-state index in [4.69, 9.17) is 32.7 Å². The van der Waals surface area contributed by atoms with Crippen LogP contribution in [0.2, 0.25) is 10.0 Å². The van der Waals surface area contributed by atoms with E-state index < -0.39 is 5.56 Å². The van der Waals surface area contributed by atoms with Gasteiger partial charge in [0.2, 0.25) is 5.91 Å². The normalized spacial score (nSPS) is 18.8. The monoisotopic (exact) mass is 423 g/mol. The maximum absolute atomic E-state index is 12.9. The lowest BCUT2D eigenvalue weighted by Gasteiger charge is -2.26. The molecule has 2 aliphatic rings. The second-order valence-electron chi connectivity index (χ2n) is 6.77. The molecule has 7 nitrogen and oxygen atoms in total. The molecule has 2 aliphatic heterocycles. The number of amides is 1. The van der Waals surface area contributed by atoms with Crippen LogP contribution in [0.5, 0.6) is 11.5 Å². The van der Waals surface area contributed by atoms with Gasteiger partial charge in [0.15, 0.2) is 11.5 Å². The summed E-state index contributed by atoms with van der Waals surface area (Å²) in [5, 5.41) is 3.86. The third-order valence-corrected chi connectivity index (χ3v) is 5.71. The van der Waals surface area contributed by atoms with Crippen molar-refractivity contribution in [2.75, 3.05) is 19.8 Å². The molecule has 1 amide bonds. The van der Waals surface area contributed by atoms with Gasteiger partial charge in [-0.15, -0.1) is 0 Å². The Bertz CT molecular complexity index is 963. The molecule has 0 radical (unpaired) electrons. The molecule has 1 unspecified atom stereocenters. The van der Waals surface area contributed by atoms with Crippen molar-refractivity contribution in [2.24, 2.45) is 0 Å². The minimum absolute atomic E-state index is 0.0709. The Morgan fingerprint density at radius 3 is 2.79 bits per heavy atom. The van der Waals surface area contributed by atoms with Crippen molar-refractivity contribution >= 4 is 29.1 Å². The average molecular weight is 424 g/mol. The molecule has 0 bridgehead atoms. The highest BCUT2D eigenvalue weighted by Gasteiger charge is 2.31. The van der Waals surface area contributed by atoms with E-state index >= 15 is 0 Å². The Balaban J connectivity index is 1.55. The van der Waals surface area contributed by atoms with E-state index in [0.29, 0.717) is 25.5 Å². The van der Waals surface area contributed by atoms with Gasteiger partial charge < -0.3 is 14.4 Å². The van der Waals surface area contributed by atoms with Crippen LogP contribution in [0.1, 0.15) is 30.9 Å². The Hall–Kier alpha value is -2.25. The van der Waals surface area contributed by atoms with Crippen LogP contribution >= 0.6 is 23.2 Å². The summed E-state index contributed by atoms with van der Waals surface area (Å²) in [5.41, 5.74) is 0.415. The fourth-order valence-corrected chi connectivity index (χ4v) is 3.85. The summed E-state index contributed by atoms with van der Waals surface area (Å²) >= 11 is 11.7. The summed E-state index contributed by atoms with van der Waals surface area (Å²) in [6.07, 6.45) is 3.83. The van der Waals surface area contributed by atoms with Crippen LogP contribution in [0.25, 0.3) is 0 Å². The van der Waals surface area contributed by atoms with Crippen molar-refractivity contribution in [1.82, 2.24) is 14.7 Å². The Labute approximate surface area is 171 Å². The van der Waals surface area contributed by atoms with Crippen molar-refractivity contribution in [2.45, 2.75) is 31.8 Å². The highest BCUT2D eigenvalue weighted by Crippen LogP contribution is 2.38. The number of hydrogen-bond donors (Lipinski definition) is 0. The fraction of sp³-hybridized carbons (Fsp3) is 0.421. The fourth-order valence-electron chi connectivity index (χ4n) is 3.58. The summed E-state index contributed by atoms with van der Waals surface area (Å²) < 4.78 is 12.5. The number of hydrogen-bond acceptors (Lipinski definition) is 5. The Morgan fingerprint density at radius 2 is 1.96 bits per heavy atom. The van der Waals surface area contributed by atoms with E-state index in [9.17, 15) is 9.59 Å². The zero-order chi connectivity index (χ0) is 19.7. The lowest BCUT2D eigenvalue weighted by atomic mass is 10.0. The molecule has 1 saturated heterocycles. The number of nitrogens with zero attached hydrogens (tertiary/aromatic N) is 3. The summed E-state index contributed by atoms with van der Waals surface area (Å²) in [7, 11) is 0. The van der Waals surface area contributed by atoms with Crippen LogP contribution < -0.4 is 15.0 Å². The van der Waals surface area contributed by atoms with E-state index in [-0.39, 0.29) is 28.5 Å². The molecule has 0 saturated carbocycles. The van der Waals surface area contributed by atoms with Gasteiger partial charge in [0, 0.05) is 13.0 Å². The van der Waals surface area contributed by atoms with Gasteiger partial charge in [-0.2, -0.15) is 5.10 Å². The van der Waals surface area contributed by atoms with E-state index in [0.717, 1.165) is 35.3 Å². The third kappa shape index (κ3) is 3.69. The number of likely N-dealkylation sites (tertiary alicyclic amines) is 1. The summed E-state index contributed by atoms with van der Waals surface area (Å²) in [6, 6.07) is 5.72. The van der Waals surface area contributed by atoms with Crippen molar-refractivity contribution in [3.63, 3.8) is 0 Å². The van der Waals surface area contributed by atoms with Gasteiger partial charge in [-0.3, -0.25) is 9.59 Å². The van der Waals surface area contributed by atoms with Crippen LogP contribution in [0.4, 0.5) is 0 Å². The molecule has 1 aromatic heterocycles. The third-order valence-electron chi connectivity index (χ3n) is 4.96. The van der Waals surface area contributed by atoms with Gasteiger partial charge in [-0.25, -0.2) is 4.68 Å². The molecule has 3 heterocycles. The molecule has 0 aliphatic carbocycles. The van der Waals surface area contributed by atoms with Gasteiger partial charge in [0.25, 0.3) is 5.56 Å². The molecule has 0 spiro atoms. The number of ether oxygens (including phenoxy) is 2. The van der Waals surface area contributed by atoms with E-state index in [2.05, 4.69) is 5.10 Å². The molecule has 4 rings (SSSR count). The topological polar surface area (TPSA) is 73.7 Å². The average Bonchev–Trinajstić information content (AvgIpc) is 3.07. The van der Waals surface area contributed by atoms with Gasteiger partial charge in [0.1, 0.15) is 11.6 Å². The highest BCUT2D eigenvalue weighted by molar-refractivity contribution is 6.41. The van der Waals surface area contributed by atoms with Crippen molar-refractivity contribution < 1.29 is 14.3 Å². The lowest BCUT2D eigenvalue weighted by Crippen LogP contribution is -2.37. The van der Waals surface area contributed by atoms with Gasteiger partial charge in [-0.1, -0.05) is 29.3 Å². The first-order valence-corrected chi connectivity index (χ1v) is 9.90. The van der Waals surface area contributed by atoms with E-state index in [1.807, 2.05) is 18.2 Å². The predicted octanol–water partition coefficient (Wildman–Crippen LogP) is 3.08. The summed E-state index contributed by atoms with van der Waals surface area (Å²) in [5.74, 6) is 1.24. The van der Waals surface area contributed by atoms with Gasteiger partial charge in [0.05, 0.1) is 30.5 Å². The zero-order valence-corrected chi connectivity index (χ0v) is 16.6. The Morgan fingerprint density at radius 1 is 1.18 bits per heavy atom. The largest absolute Gasteiger partial charge is 0.490 e. The first-order valence-electron chi connectivity index (χ1n) is 9.15. The molecule has 28 heavy (non-hydrogen) atoms. The highest BCUT2D eigenvalue weighted by atomic mass is 35.5. The van der Waals surface area contributed by atoms with Crippen LogP contribution in [0.3, 0.4) is 0 Å². The quantitative estimate of drug-likeness (QED) is 0.757. The number of aromatic nitrogens is 2. The molecule has 1 atom stereocenters. The first kappa shape index (κ1) is 19.1. The number of halogens is 2.